The fourth-order valence-electron chi connectivity index (χ4n) is 6.22. The van der Waals surface area contributed by atoms with Gasteiger partial charge in [0, 0.05) is 50.5 Å². The normalized spacial score (nSPS) is 19.5. The number of carbonyl (C=O) groups is 2. The Labute approximate surface area is 219 Å². The minimum atomic E-state index is -0.507. The molecular formula is C31H34N4O2. The van der Waals surface area contributed by atoms with E-state index in [1.54, 1.807) is 0 Å². The zero-order chi connectivity index (χ0) is 25.2. The van der Waals surface area contributed by atoms with E-state index in [4.69, 9.17) is 0 Å². The summed E-state index contributed by atoms with van der Waals surface area (Å²) in [6.07, 6.45) is 2.51. The van der Waals surface area contributed by atoms with Gasteiger partial charge in [-0.1, -0.05) is 66.7 Å². The molecule has 2 saturated heterocycles. The van der Waals surface area contributed by atoms with Gasteiger partial charge in [0.05, 0.1) is 6.67 Å². The topological polar surface area (TPSA) is 47.1 Å². The van der Waals surface area contributed by atoms with Crippen LogP contribution in [0, 0.1) is 0 Å². The van der Waals surface area contributed by atoms with Gasteiger partial charge in [-0.25, -0.2) is 0 Å². The molecule has 3 aliphatic heterocycles. The highest BCUT2D eigenvalue weighted by Crippen LogP contribution is 2.40. The van der Waals surface area contributed by atoms with E-state index in [9.17, 15) is 9.59 Å². The molecule has 0 radical (unpaired) electrons. The Morgan fingerprint density at radius 3 is 2.14 bits per heavy atom. The van der Waals surface area contributed by atoms with E-state index in [-0.39, 0.29) is 11.8 Å². The fraction of sp³-hybridized carbons (Fsp3) is 0.355. The summed E-state index contributed by atoms with van der Waals surface area (Å²) in [7, 11) is 0. The molecule has 6 rings (SSSR count). The van der Waals surface area contributed by atoms with Crippen molar-refractivity contribution in [2.45, 2.75) is 31.3 Å². The van der Waals surface area contributed by atoms with Gasteiger partial charge in [-0.15, -0.1) is 0 Å². The van der Waals surface area contributed by atoms with Crippen molar-refractivity contribution in [2.75, 3.05) is 44.3 Å². The zero-order valence-corrected chi connectivity index (χ0v) is 21.3. The SMILES string of the molecule is O=C1c2ccccc2CCN1CCN1CCC2(CC1)C(=O)N(Cc1ccccc1)CN2c1ccccc1. The molecule has 6 heteroatoms. The van der Waals surface area contributed by atoms with Crippen molar-refractivity contribution < 1.29 is 9.59 Å². The molecule has 0 aliphatic carbocycles. The van der Waals surface area contributed by atoms with Gasteiger partial charge in [-0.05, 0) is 48.6 Å². The Bertz CT molecular complexity index is 1250. The third kappa shape index (κ3) is 4.51. The van der Waals surface area contributed by atoms with E-state index in [1.165, 1.54) is 0 Å². The quantitative estimate of drug-likeness (QED) is 0.519. The summed E-state index contributed by atoms with van der Waals surface area (Å²) in [6.45, 7) is 5.31. The van der Waals surface area contributed by atoms with E-state index in [0.29, 0.717) is 13.2 Å². The Balaban J connectivity index is 1.14. The van der Waals surface area contributed by atoms with Crippen LogP contribution in [-0.2, 0) is 17.8 Å². The van der Waals surface area contributed by atoms with Gasteiger partial charge < -0.3 is 19.6 Å². The number of rotatable bonds is 6. The largest absolute Gasteiger partial charge is 0.339 e. The molecule has 0 N–H and O–H groups in total. The van der Waals surface area contributed by atoms with Gasteiger partial charge in [-0.2, -0.15) is 0 Å². The summed E-state index contributed by atoms with van der Waals surface area (Å²) in [5.74, 6) is 0.385. The van der Waals surface area contributed by atoms with Crippen molar-refractivity contribution in [1.82, 2.24) is 14.7 Å². The number of fused-ring (bicyclic) bond motifs is 1. The van der Waals surface area contributed by atoms with Crippen LogP contribution in [0.15, 0.2) is 84.9 Å². The highest BCUT2D eigenvalue weighted by Gasteiger charge is 2.53. The first kappa shape index (κ1) is 23.7. The lowest BCUT2D eigenvalue weighted by Crippen LogP contribution is -2.57. The summed E-state index contributed by atoms with van der Waals surface area (Å²) >= 11 is 0. The molecule has 37 heavy (non-hydrogen) atoms. The second kappa shape index (κ2) is 10.0. The number of hydrogen-bond donors (Lipinski definition) is 0. The molecule has 0 unspecified atom stereocenters. The summed E-state index contributed by atoms with van der Waals surface area (Å²) < 4.78 is 0. The molecular weight excluding hydrogens is 460 g/mol. The lowest BCUT2D eigenvalue weighted by atomic mass is 9.85. The number of hydrogen-bond acceptors (Lipinski definition) is 4. The first-order chi connectivity index (χ1) is 18.1. The highest BCUT2D eigenvalue weighted by atomic mass is 16.2. The molecule has 3 heterocycles. The van der Waals surface area contributed by atoms with Crippen LogP contribution in [0.1, 0.15) is 34.3 Å². The van der Waals surface area contributed by atoms with E-state index in [1.807, 2.05) is 52.3 Å². The Morgan fingerprint density at radius 2 is 1.38 bits per heavy atom. The van der Waals surface area contributed by atoms with Crippen LogP contribution in [-0.4, -0.2) is 71.4 Å². The summed E-state index contributed by atoms with van der Waals surface area (Å²) in [4.78, 5) is 35.7. The lowest BCUT2D eigenvalue weighted by molar-refractivity contribution is -0.134. The molecule has 2 amide bonds. The number of anilines is 1. The minimum absolute atomic E-state index is 0.146. The maximum Gasteiger partial charge on any atom is 0.254 e. The summed E-state index contributed by atoms with van der Waals surface area (Å²) in [5, 5.41) is 0. The monoisotopic (exact) mass is 494 g/mol. The predicted octanol–water partition coefficient (Wildman–Crippen LogP) is 4.03. The third-order valence-electron chi connectivity index (χ3n) is 8.35. The molecule has 1 spiro atoms. The first-order valence-corrected chi connectivity index (χ1v) is 13.4. The van der Waals surface area contributed by atoms with Crippen LogP contribution in [0.25, 0.3) is 0 Å². The first-order valence-electron chi connectivity index (χ1n) is 13.4. The van der Waals surface area contributed by atoms with Gasteiger partial charge in [0.15, 0.2) is 0 Å². The average molecular weight is 495 g/mol. The Kier molecular flexibility index (Phi) is 6.43. The lowest BCUT2D eigenvalue weighted by Gasteiger charge is -2.43. The van der Waals surface area contributed by atoms with E-state index < -0.39 is 5.54 Å². The van der Waals surface area contributed by atoms with Crippen LogP contribution < -0.4 is 4.90 Å². The summed E-state index contributed by atoms with van der Waals surface area (Å²) in [6, 6.07) is 28.6. The van der Waals surface area contributed by atoms with E-state index in [2.05, 4.69) is 52.3 Å². The number of benzene rings is 3. The van der Waals surface area contributed by atoms with Gasteiger partial charge in [-0.3, -0.25) is 9.59 Å². The maximum atomic E-state index is 14.0. The van der Waals surface area contributed by atoms with Gasteiger partial charge >= 0.3 is 0 Å². The van der Waals surface area contributed by atoms with Crippen molar-refractivity contribution >= 4 is 17.5 Å². The summed E-state index contributed by atoms with van der Waals surface area (Å²) in [5.41, 5.74) is 3.76. The van der Waals surface area contributed by atoms with Crippen molar-refractivity contribution in [2.24, 2.45) is 0 Å². The smallest absolute Gasteiger partial charge is 0.254 e. The number of likely N-dealkylation sites (tertiary alicyclic amines) is 1. The maximum absolute atomic E-state index is 14.0. The van der Waals surface area contributed by atoms with Gasteiger partial charge in [0.1, 0.15) is 5.54 Å². The van der Waals surface area contributed by atoms with Crippen LogP contribution >= 0.6 is 0 Å². The van der Waals surface area contributed by atoms with Crippen molar-refractivity contribution in [1.29, 1.82) is 0 Å². The van der Waals surface area contributed by atoms with Crippen LogP contribution in [0.3, 0.4) is 0 Å². The molecule has 0 saturated carbocycles. The van der Waals surface area contributed by atoms with Crippen molar-refractivity contribution in [3.8, 4) is 0 Å². The molecule has 190 valence electrons. The highest BCUT2D eigenvalue weighted by molar-refractivity contribution is 5.96. The molecule has 0 bridgehead atoms. The number of para-hydroxylation sites is 1. The van der Waals surface area contributed by atoms with Crippen molar-refractivity contribution in [3.63, 3.8) is 0 Å². The van der Waals surface area contributed by atoms with Crippen LogP contribution in [0.5, 0.6) is 0 Å². The van der Waals surface area contributed by atoms with Gasteiger partial charge in [0.25, 0.3) is 5.91 Å². The fourth-order valence-corrected chi connectivity index (χ4v) is 6.22. The predicted molar refractivity (Wildman–Crippen MR) is 145 cm³/mol. The Hall–Kier alpha value is -3.64. The number of carbonyl (C=O) groups excluding carboxylic acids is 2. The molecule has 3 aromatic rings. The molecule has 3 aromatic carbocycles. The Morgan fingerprint density at radius 1 is 0.703 bits per heavy atom. The van der Waals surface area contributed by atoms with Crippen LogP contribution in [0.2, 0.25) is 0 Å². The van der Waals surface area contributed by atoms with Crippen molar-refractivity contribution in [3.05, 3.63) is 102 Å². The van der Waals surface area contributed by atoms with Crippen LogP contribution in [0.4, 0.5) is 5.69 Å². The molecule has 0 atom stereocenters. The second-order valence-electron chi connectivity index (χ2n) is 10.5. The third-order valence-corrected chi connectivity index (χ3v) is 8.35. The molecule has 2 fully saturated rings. The van der Waals surface area contributed by atoms with Gasteiger partial charge in [0.2, 0.25) is 5.91 Å². The van der Waals surface area contributed by atoms with E-state index in [0.717, 1.165) is 74.4 Å². The molecule has 6 nitrogen and oxygen atoms in total. The molecule has 0 aromatic heterocycles. The number of nitrogens with zero attached hydrogens (tertiary/aromatic N) is 4. The number of piperidine rings is 1. The second-order valence-corrected chi connectivity index (χ2v) is 10.5. The average Bonchev–Trinajstić information content (AvgIpc) is 3.21. The minimum Gasteiger partial charge on any atom is -0.339 e. The molecule has 3 aliphatic rings. The van der Waals surface area contributed by atoms with E-state index >= 15 is 0 Å². The number of amides is 2. The zero-order valence-electron chi connectivity index (χ0n) is 21.3. The standard InChI is InChI=1S/C31H34N4O2/c36-29-28-14-8-7-11-26(28)15-18-33(29)22-21-32-19-16-31(17-20-32)30(37)34(23-25-9-3-1-4-10-25)24-35(31)27-12-5-2-6-13-27/h1-14H,15-24H2.